The van der Waals surface area contributed by atoms with E-state index in [-0.39, 0.29) is 25.8 Å². The van der Waals surface area contributed by atoms with E-state index >= 15 is 0 Å². The van der Waals surface area contributed by atoms with Gasteiger partial charge >= 0.3 is 141 Å². The topological polar surface area (TPSA) is 60.2 Å². The first-order valence-electron chi connectivity index (χ1n) is 6.76. The Morgan fingerprint density at radius 1 is 0.864 bits per heavy atom. The van der Waals surface area contributed by atoms with Gasteiger partial charge in [-0.05, 0) is 0 Å². The van der Waals surface area contributed by atoms with Gasteiger partial charge in [-0.25, -0.2) is 0 Å². The molecule has 2 N–H and O–H groups in total. The van der Waals surface area contributed by atoms with Gasteiger partial charge < -0.3 is 0 Å². The second-order valence-electron chi connectivity index (χ2n) is 4.99. The number of fused-ring (bicyclic) bond motifs is 1. The zero-order chi connectivity index (χ0) is 15.6. The molecule has 3 aromatic carbocycles. The zero-order valence-electron chi connectivity index (χ0n) is 11.8. The van der Waals surface area contributed by atoms with Crippen molar-refractivity contribution in [3.63, 3.8) is 0 Å². The van der Waals surface area contributed by atoms with E-state index in [2.05, 4.69) is 36.4 Å². The van der Waals surface area contributed by atoms with Crippen LogP contribution in [0, 0.1) is 0 Å². The van der Waals surface area contributed by atoms with E-state index in [0.717, 1.165) is 10.0 Å². The second kappa shape index (κ2) is 6.39. The molecule has 0 atom stereocenters. The van der Waals surface area contributed by atoms with Crippen molar-refractivity contribution in [2.24, 2.45) is 5.14 Å². The second-order valence-corrected chi connectivity index (χ2v) is 9.54. The predicted molar refractivity (Wildman–Crippen MR) is 90.9 cm³/mol. The van der Waals surface area contributed by atoms with Crippen LogP contribution in [0.4, 0.5) is 0 Å². The Morgan fingerprint density at radius 2 is 1.55 bits per heavy atom. The van der Waals surface area contributed by atoms with Gasteiger partial charge in [0.05, 0.1) is 0 Å². The summed E-state index contributed by atoms with van der Waals surface area (Å²) in [4.78, 5) is 0.169. The van der Waals surface area contributed by atoms with Crippen molar-refractivity contribution in [2.75, 3.05) is 0 Å². The van der Waals surface area contributed by atoms with E-state index in [9.17, 15) is 8.42 Å². The zero-order valence-corrected chi connectivity index (χ0v) is 14.9. The first-order chi connectivity index (χ1) is 10.5. The predicted octanol–water partition coefficient (Wildman–Crippen LogP) is 2.02. The molecule has 22 heavy (non-hydrogen) atoms. The molecule has 0 heterocycles. The van der Waals surface area contributed by atoms with Crippen LogP contribution in [0.1, 0.15) is 5.56 Å². The van der Waals surface area contributed by atoms with E-state index in [4.69, 9.17) is 5.14 Å². The number of nitrogens with two attached hydrogens (primary N) is 1. The molecule has 3 aromatic rings. The van der Waals surface area contributed by atoms with E-state index in [1.165, 1.54) is 14.4 Å². The van der Waals surface area contributed by atoms with Gasteiger partial charge in [-0.1, -0.05) is 0 Å². The molecule has 0 spiro atoms. The molecule has 0 amide bonds. The molecule has 0 aromatic heterocycles. The molecule has 0 aliphatic heterocycles. The molecule has 112 valence electrons. The van der Waals surface area contributed by atoms with Crippen LogP contribution in [0.25, 0.3) is 10.8 Å². The van der Waals surface area contributed by atoms with Crippen LogP contribution in [0.2, 0.25) is 0 Å². The van der Waals surface area contributed by atoms with Crippen molar-refractivity contribution in [3.8, 4) is 0 Å². The number of hydrogen-bond donors (Lipinski definition) is 1. The van der Waals surface area contributed by atoms with Crippen LogP contribution in [0.5, 0.6) is 0 Å². The van der Waals surface area contributed by atoms with Gasteiger partial charge in [0.25, 0.3) is 0 Å². The van der Waals surface area contributed by atoms with Gasteiger partial charge in [0.15, 0.2) is 0 Å². The van der Waals surface area contributed by atoms with Gasteiger partial charge in [0.1, 0.15) is 0 Å². The van der Waals surface area contributed by atoms with Gasteiger partial charge in [-0.15, -0.1) is 0 Å². The summed E-state index contributed by atoms with van der Waals surface area (Å²) in [5.41, 5.74) is 1.16. The van der Waals surface area contributed by atoms with Crippen LogP contribution in [0.3, 0.4) is 0 Å². The third-order valence-corrected chi connectivity index (χ3v) is 7.35. The van der Waals surface area contributed by atoms with Crippen LogP contribution in [-0.2, 0) is 14.5 Å². The Hall–Kier alpha value is -1.38. The minimum atomic E-state index is -3.60. The van der Waals surface area contributed by atoms with Crippen molar-refractivity contribution < 1.29 is 8.42 Å². The summed E-state index contributed by atoms with van der Waals surface area (Å²) >= 11 is -0.339. The van der Waals surface area contributed by atoms with E-state index in [1.54, 1.807) is 12.1 Å². The fraction of sp³-hybridized carbons (Fsp3) is 0.0588. The van der Waals surface area contributed by atoms with Crippen LogP contribution < -0.4 is 8.75 Å². The molecule has 3 rings (SSSR count). The van der Waals surface area contributed by atoms with Gasteiger partial charge in [0.2, 0.25) is 0 Å². The maximum atomic E-state index is 11.2. The van der Waals surface area contributed by atoms with Crippen molar-refractivity contribution in [1.29, 1.82) is 0 Å². The molecule has 3 nitrogen and oxygen atoms in total. The molecule has 5 heteroatoms. The monoisotopic (exact) mass is 427 g/mol. The first kappa shape index (κ1) is 15.5. The van der Waals surface area contributed by atoms with E-state index in [1.807, 2.05) is 18.2 Å². The van der Waals surface area contributed by atoms with E-state index in [0.29, 0.717) is 0 Å². The molecular weight excluding hydrogens is 410 g/mol. The molecule has 0 saturated heterocycles. The van der Waals surface area contributed by atoms with Crippen molar-refractivity contribution in [2.45, 2.75) is 9.36 Å². The fourth-order valence-corrected chi connectivity index (χ4v) is 5.28. The summed E-state index contributed by atoms with van der Waals surface area (Å²) in [5, 5.41) is 7.64. The van der Waals surface area contributed by atoms with Gasteiger partial charge in [-0.2, -0.15) is 0 Å². The minimum absolute atomic E-state index is 0.169. The third kappa shape index (κ3) is 3.68. The van der Waals surface area contributed by atoms with Gasteiger partial charge in [0, 0.05) is 0 Å². The molecule has 0 fully saturated rings. The average Bonchev–Trinajstić information content (AvgIpc) is 2.52. The standard InChI is InChI=1S/C17H15NO2STe/c18-21(19,20)16-8-5-13(6-9-16)12-22-17-10-7-14-3-1-2-4-15(14)11-17/h1-11H,12H2,(H2,18,19,20). The summed E-state index contributed by atoms with van der Waals surface area (Å²) < 4.78 is 24.9. The summed E-state index contributed by atoms with van der Waals surface area (Å²) in [6, 6.07) is 21.8. The number of sulfonamides is 1. The SMILES string of the molecule is NS(=O)(=O)c1ccc(C[Te]c2ccc3ccccc3c2)cc1. The number of benzene rings is 3. The Bertz CT molecular complexity index is 905. The van der Waals surface area contributed by atoms with Crippen molar-refractivity contribution in [1.82, 2.24) is 0 Å². The van der Waals surface area contributed by atoms with Crippen LogP contribution in [0.15, 0.2) is 71.6 Å². The maximum absolute atomic E-state index is 11.2. The molecule has 0 radical (unpaired) electrons. The molecule has 0 aliphatic rings. The molecule has 0 bridgehead atoms. The molecular formula is C17H15NO2STe. The van der Waals surface area contributed by atoms with Crippen LogP contribution >= 0.6 is 0 Å². The Kier molecular flexibility index (Phi) is 4.51. The van der Waals surface area contributed by atoms with Crippen molar-refractivity contribution >= 4 is 45.3 Å². The quantitative estimate of drug-likeness (QED) is 0.651. The molecule has 0 unspecified atom stereocenters. The van der Waals surface area contributed by atoms with E-state index < -0.39 is 10.0 Å². The van der Waals surface area contributed by atoms with Gasteiger partial charge in [-0.3, -0.25) is 0 Å². The molecule has 0 aliphatic carbocycles. The number of primary sulfonamides is 1. The summed E-state index contributed by atoms with van der Waals surface area (Å²) in [6.07, 6.45) is 0. The Labute approximate surface area is 140 Å². The summed E-state index contributed by atoms with van der Waals surface area (Å²) in [5.74, 6) is 0. The number of rotatable bonds is 4. The van der Waals surface area contributed by atoms with Crippen molar-refractivity contribution in [3.05, 3.63) is 72.3 Å². The summed E-state index contributed by atoms with van der Waals surface area (Å²) in [7, 11) is -3.60. The third-order valence-electron chi connectivity index (χ3n) is 3.38. The normalized spacial score (nSPS) is 11.7. The Balaban J connectivity index is 1.73. The Morgan fingerprint density at radius 3 is 2.23 bits per heavy atom. The molecule has 0 saturated carbocycles. The first-order valence-corrected chi connectivity index (χ1v) is 11.1. The average molecular weight is 425 g/mol. The fourth-order valence-electron chi connectivity index (χ4n) is 2.20. The number of hydrogen-bond acceptors (Lipinski definition) is 2. The van der Waals surface area contributed by atoms with Crippen LogP contribution in [-0.4, -0.2) is 29.3 Å². The summed E-state index contributed by atoms with van der Waals surface area (Å²) in [6.45, 7) is 0.